The Morgan fingerprint density at radius 2 is 1.62 bits per heavy atom. The lowest BCUT2D eigenvalue weighted by molar-refractivity contribution is 0.324. The number of ether oxygens (including phenoxy) is 3. The Balaban J connectivity index is 2.44. The molecule has 112 valence electrons. The Bertz CT molecular complexity index is 723. The zero-order valence-corrected chi connectivity index (χ0v) is 12.0. The van der Waals surface area contributed by atoms with E-state index in [-0.39, 0.29) is 0 Å². The van der Waals surface area contributed by atoms with Crippen LogP contribution in [-0.2, 0) is 6.42 Å². The van der Waals surface area contributed by atoms with Gasteiger partial charge in [0, 0.05) is 18.2 Å². The van der Waals surface area contributed by atoms with Gasteiger partial charge in [-0.1, -0.05) is 0 Å². The van der Waals surface area contributed by atoms with Gasteiger partial charge in [-0.05, 0) is 17.7 Å². The number of aromatic amines is 2. The third-order valence-electron chi connectivity index (χ3n) is 3.02. The van der Waals surface area contributed by atoms with Crippen LogP contribution in [0.3, 0.4) is 0 Å². The molecule has 0 aliphatic carbocycles. The van der Waals surface area contributed by atoms with Gasteiger partial charge in [0.05, 0.1) is 21.3 Å². The van der Waals surface area contributed by atoms with Crippen molar-refractivity contribution in [1.82, 2.24) is 9.97 Å². The smallest absolute Gasteiger partial charge is 0.325 e. The van der Waals surface area contributed by atoms with Crippen LogP contribution in [0.2, 0.25) is 0 Å². The molecule has 0 radical (unpaired) electrons. The van der Waals surface area contributed by atoms with Crippen LogP contribution in [0.25, 0.3) is 0 Å². The highest BCUT2D eigenvalue weighted by Crippen LogP contribution is 2.38. The molecule has 21 heavy (non-hydrogen) atoms. The van der Waals surface area contributed by atoms with Crippen LogP contribution in [0.15, 0.2) is 27.9 Å². The van der Waals surface area contributed by atoms with Crippen LogP contribution in [0.1, 0.15) is 11.1 Å². The number of hydrogen-bond donors (Lipinski definition) is 2. The predicted molar refractivity (Wildman–Crippen MR) is 76.6 cm³/mol. The first-order valence-electron chi connectivity index (χ1n) is 6.18. The number of nitrogens with one attached hydrogen (secondary N) is 2. The van der Waals surface area contributed by atoms with E-state index in [1.165, 1.54) is 27.5 Å². The number of hydrogen-bond acceptors (Lipinski definition) is 5. The second kappa shape index (κ2) is 6.17. The van der Waals surface area contributed by atoms with Crippen molar-refractivity contribution in [1.29, 1.82) is 0 Å². The van der Waals surface area contributed by atoms with Crippen LogP contribution in [-0.4, -0.2) is 31.3 Å². The Kier molecular flexibility index (Phi) is 4.32. The van der Waals surface area contributed by atoms with E-state index in [9.17, 15) is 9.59 Å². The first-order valence-corrected chi connectivity index (χ1v) is 6.18. The van der Waals surface area contributed by atoms with Gasteiger partial charge < -0.3 is 19.2 Å². The third-order valence-corrected chi connectivity index (χ3v) is 3.02. The van der Waals surface area contributed by atoms with E-state index >= 15 is 0 Å². The highest BCUT2D eigenvalue weighted by Gasteiger charge is 2.14. The second-order valence-electron chi connectivity index (χ2n) is 4.31. The number of methoxy groups -OCH3 is 3. The molecule has 7 nitrogen and oxygen atoms in total. The van der Waals surface area contributed by atoms with Crippen LogP contribution >= 0.6 is 0 Å². The van der Waals surface area contributed by atoms with Gasteiger partial charge in [-0.2, -0.15) is 0 Å². The molecule has 0 amide bonds. The Morgan fingerprint density at radius 1 is 1.00 bits per heavy atom. The number of benzene rings is 1. The summed E-state index contributed by atoms with van der Waals surface area (Å²) in [5.74, 6) is 1.50. The van der Waals surface area contributed by atoms with Gasteiger partial charge in [-0.15, -0.1) is 0 Å². The highest BCUT2D eigenvalue weighted by molar-refractivity contribution is 5.54. The molecule has 1 heterocycles. The monoisotopic (exact) mass is 292 g/mol. The van der Waals surface area contributed by atoms with Crippen LogP contribution in [0, 0.1) is 0 Å². The molecule has 0 saturated carbocycles. The Labute approximate surface area is 120 Å². The first-order chi connectivity index (χ1) is 10.1. The Morgan fingerprint density at radius 3 is 2.10 bits per heavy atom. The van der Waals surface area contributed by atoms with Gasteiger partial charge in [0.1, 0.15) is 0 Å². The molecule has 0 fully saturated rings. The summed E-state index contributed by atoms with van der Waals surface area (Å²) in [7, 11) is 4.56. The summed E-state index contributed by atoms with van der Waals surface area (Å²) < 4.78 is 15.8. The van der Waals surface area contributed by atoms with E-state index in [1.807, 2.05) is 0 Å². The molecule has 0 aliphatic rings. The molecule has 0 aliphatic heterocycles. The van der Waals surface area contributed by atoms with E-state index in [0.29, 0.717) is 29.2 Å². The molecule has 1 aromatic heterocycles. The average molecular weight is 292 g/mol. The van der Waals surface area contributed by atoms with Gasteiger partial charge in [-0.25, -0.2) is 4.79 Å². The van der Waals surface area contributed by atoms with Crippen molar-refractivity contribution in [2.24, 2.45) is 0 Å². The lowest BCUT2D eigenvalue weighted by atomic mass is 10.1. The lowest BCUT2D eigenvalue weighted by Crippen LogP contribution is -2.24. The van der Waals surface area contributed by atoms with Crippen molar-refractivity contribution in [3.63, 3.8) is 0 Å². The molecule has 2 aromatic rings. The summed E-state index contributed by atoms with van der Waals surface area (Å²) in [5, 5.41) is 0. The minimum absolute atomic E-state index is 0.322. The van der Waals surface area contributed by atoms with E-state index in [0.717, 1.165) is 5.56 Å². The number of H-pyrrole nitrogens is 2. The molecule has 0 atom stereocenters. The fraction of sp³-hybridized carbons (Fsp3) is 0.286. The number of aromatic nitrogens is 2. The topological polar surface area (TPSA) is 93.4 Å². The molecule has 7 heteroatoms. The summed E-state index contributed by atoms with van der Waals surface area (Å²) in [5.41, 5.74) is 0.270. The summed E-state index contributed by atoms with van der Waals surface area (Å²) in [6.07, 6.45) is 1.72. The Hall–Kier alpha value is -2.70. The van der Waals surface area contributed by atoms with E-state index in [2.05, 4.69) is 9.97 Å². The van der Waals surface area contributed by atoms with Crippen molar-refractivity contribution in [3.05, 3.63) is 50.3 Å². The molecular formula is C14H16N2O5. The number of rotatable bonds is 5. The molecule has 0 bridgehead atoms. The van der Waals surface area contributed by atoms with Gasteiger partial charge in [0.15, 0.2) is 11.5 Å². The van der Waals surface area contributed by atoms with Gasteiger partial charge >= 0.3 is 5.69 Å². The van der Waals surface area contributed by atoms with Crippen LogP contribution < -0.4 is 25.5 Å². The van der Waals surface area contributed by atoms with Gasteiger partial charge in [0.2, 0.25) is 5.75 Å². The normalized spacial score (nSPS) is 10.2. The highest BCUT2D eigenvalue weighted by atomic mass is 16.5. The molecule has 2 N–H and O–H groups in total. The zero-order chi connectivity index (χ0) is 15.4. The van der Waals surface area contributed by atoms with Gasteiger partial charge in [-0.3, -0.25) is 9.78 Å². The summed E-state index contributed by atoms with van der Waals surface area (Å²) in [4.78, 5) is 27.4. The van der Waals surface area contributed by atoms with Crippen LogP contribution in [0.5, 0.6) is 17.2 Å². The quantitative estimate of drug-likeness (QED) is 0.845. The van der Waals surface area contributed by atoms with Crippen molar-refractivity contribution in [2.75, 3.05) is 21.3 Å². The van der Waals surface area contributed by atoms with Crippen LogP contribution in [0.4, 0.5) is 0 Å². The van der Waals surface area contributed by atoms with E-state index < -0.39 is 11.2 Å². The van der Waals surface area contributed by atoms with E-state index in [1.54, 1.807) is 12.1 Å². The van der Waals surface area contributed by atoms with Gasteiger partial charge in [0.25, 0.3) is 5.56 Å². The summed E-state index contributed by atoms with van der Waals surface area (Å²) in [6, 6.07) is 3.51. The molecule has 1 aromatic carbocycles. The second-order valence-corrected chi connectivity index (χ2v) is 4.31. The maximum atomic E-state index is 11.7. The van der Waals surface area contributed by atoms with Crippen molar-refractivity contribution in [3.8, 4) is 17.2 Å². The predicted octanol–water partition coefficient (Wildman–Crippen LogP) is 0.680. The average Bonchev–Trinajstić information content (AvgIpc) is 2.49. The SMILES string of the molecule is COc1cc(Cc2c[nH]c(=O)[nH]c2=O)cc(OC)c1OC. The summed E-state index contributed by atoms with van der Waals surface area (Å²) in [6.45, 7) is 0. The molecule has 0 saturated heterocycles. The first kappa shape index (κ1) is 14.7. The standard InChI is InChI=1S/C14H16N2O5/c1-19-10-5-8(6-11(20-2)12(10)21-3)4-9-7-15-14(18)16-13(9)17/h5-7H,4H2,1-3H3,(H2,15,16,17,18). The van der Waals surface area contributed by atoms with Crippen molar-refractivity contribution >= 4 is 0 Å². The zero-order valence-electron chi connectivity index (χ0n) is 12.0. The molecule has 2 rings (SSSR count). The third kappa shape index (κ3) is 3.07. The minimum Gasteiger partial charge on any atom is -0.493 e. The fourth-order valence-corrected chi connectivity index (χ4v) is 2.03. The lowest BCUT2D eigenvalue weighted by Gasteiger charge is -2.14. The van der Waals surface area contributed by atoms with Crippen molar-refractivity contribution in [2.45, 2.75) is 6.42 Å². The maximum Gasteiger partial charge on any atom is 0.325 e. The molecule has 0 unspecified atom stereocenters. The fourth-order valence-electron chi connectivity index (χ4n) is 2.03. The maximum absolute atomic E-state index is 11.7. The van der Waals surface area contributed by atoms with E-state index in [4.69, 9.17) is 14.2 Å². The van der Waals surface area contributed by atoms with Crippen molar-refractivity contribution < 1.29 is 14.2 Å². The summed E-state index contributed by atoms with van der Waals surface area (Å²) >= 11 is 0. The minimum atomic E-state index is -0.534. The largest absolute Gasteiger partial charge is 0.493 e. The molecular weight excluding hydrogens is 276 g/mol. The molecule has 0 spiro atoms.